The summed E-state index contributed by atoms with van der Waals surface area (Å²) in [5.74, 6) is 0. The van der Waals surface area contributed by atoms with Gasteiger partial charge in [0, 0.05) is 35.4 Å². The number of hydrogen-bond acceptors (Lipinski definition) is 3. The standard InChI is InChI=1S/C22H31N3/c1-4-13-23-19-10-7-17-21(25-15-6-3)12-9-18-20(24-14-5-2)11-8-16(19)22(17)18/h7-12,19,23-25H,4-6,13-15H2,1-3H3. The summed E-state index contributed by atoms with van der Waals surface area (Å²) >= 11 is 0. The van der Waals surface area contributed by atoms with Gasteiger partial charge in [-0.2, -0.15) is 0 Å². The van der Waals surface area contributed by atoms with Crippen molar-refractivity contribution in [2.24, 2.45) is 0 Å². The van der Waals surface area contributed by atoms with Crippen molar-refractivity contribution in [3.05, 3.63) is 41.5 Å². The van der Waals surface area contributed by atoms with Gasteiger partial charge in [-0.3, -0.25) is 0 Å². The summed E-state index contributed by atoms with van der Waals surface area (Å²) in [7, 11) is 0. The summed E-state index contributed by atoms with van der Waals surface area (Å²) < 4.78 is 0. The van der Waals surface area contributed by atoms with Gasteiger partial charge in [0.15, 0.2) is 0 Å². The Morgan fingerprint density at radius 3 is 2.20 bits per heavy atom. The molecular formula is C22H31N3. The second-order valence-electron chi connectivity index (χ2n) is 6.80. The summed E-state index contributed by atoms with van der Waals surface area (Å²) in [6.45, 7) is 9.68. The molecule has 0 saturated heterocycles. The van der Waals surface area contributed by atoms with Gasteiger partial charge in [-0.1, -0.05) is 45.1 Å². The molecule has 0 heterocycles. The minimum atomic E-state index is 0.302. The van der Waals surface area contributed by atoms with Crippen LogP contribution in [-0.4, -0.2) is 19.6 Å². The van der Waals surface area contributed by atoms with Crippen molar-refractivity contribution >= 4 is 28.2 Å². The van der Waals surface area contributed by atoms with Gasteiger partial charge >= 0.3 is 0 Å². The Hall–Kier alpha value is -2.00. The van der Waals surface area contributed by atoms with Gasteiger partial charge < -0.3 is 16.0 Å². The number of hydrogen-bond donors (Lipinski definition) is 3. The Morgan fingerprint density at radius 2 is 1.48 bits per heavy atom. The van der Waals surface area contributed by atoms with Crippen LogP contribution in [0.25, 0.3) is 16.8 Å². The Morgan fingerprint density at radius 1 is 0.800 bits per heavy atom. The molecular weight excluding hydrogens is 306 g/mol. The Labute approximate surface area is 151 Å². The van der Waals surface area contributed by atoms with Gasteiger partial charge in [-0.25, -0.2) is 0 Å². The molecule has 0 aromatic heterocycles. The highest BCUT2D eigenvalue weighted by Gasteiger charge is 2.20. The summed E-state index contributed by atoms with van der Waals surface area (Å²) in [6.07, 6.45) is 8.02. The van der Waals surface area contributed by atoms with Crippen LogP contribution in [0.2, 0.25) is 0 Å². The number of anilines is 2. The van der Waals surface area contributed by atoms with E-state index in [1.165, 1.54) is 33.3 Å². The molecule has 3 heteroatoms. The van der Waals surface area contributed by atoms with E-state index in [2.05, 4.69) is 73.1 Å². The molecule has 0 amide bonds. The van der Waals surface area contributed by atoms with Gasteiger partial charge in [0.2, 0.25) is 0 Å². The highest BCUT2D eigenvalue weighted by atomic mass is 14.9. The fourth-order valence-corrected chi connectivity index (χ4v) is 3.54. The molecule has 3 N–H and O–H groups in total. The van der Waals surface area contributed by atoms with E-state index in [1.807, 2.05) is 0 Å². The fourth-order valence-electron chi connectivity index (χ4n) is 3.54. The first-order valence-electron chi connectivity index (χ1n) is 9.79. The molecule has 0 fully saturated rings. The van der Waals surface area contributed by atoms with Crippen molar-refractivity contribution in [2.45, 2.75) is 46.1 Å². The monoisotopic (exact) mass is 337 g/mol. The minimum Gasteiger partial charge on any atom is -0.385 e. The first-order chi connectivity index (χ1) is 12.3. The molecule has 1 aliphatic rings. The Kier molecular flexibility index (Phi) is 5.98. The third-order valence-electron chi connectivity index (χ3n) is 4.79. The van der Waals surface area contributed by atoms with Crippen molar-refractivity contribution in [1.82, 2.24) is 5.32 Å². The molecule has 1 unspecified atom stereocenters. The second kappa shape index (κ2) is 8.39. The van der Waals surface area contributed by atoms with Crippen LogP contribution in [-0.2, 0) is 0 Å². The second-order valence-corrected chi connectivity index (χ2v) is 6.80. The first-order valence-corrected chi connectivity index (χ1v) is 9.79. The first kappa shape index (κ1) is 17.8. The fraction of sp³-hybridized carbons (Fsp3) is 0.455. The van der Waals surface area contributed by atoms with E-state index in [1.54, 1.807) is 0 Å². The molecule has 25 heavy (non-hydrogen) atoms. The molecule has 1 aliphatic carbocycles. The van der Waals surface area contributed by atoms with Crippen LogP contribution >= 0.6 is 0 Å². The van der Waals surface area contributed by atoms with Crippen LogP contribution in [0, 0.1) is 0 Å². The number of nitrogens with one attached hydrogen (secondary N) is 3. The van der Waals surface area contributed by atoms with E-state index in [9.17, 15) is 0 Å². The maximum absolute atomic E-state index is 3.67. The molecule has 2 aromatic rings. The average molecular weight is 338 g/mol. The largest absolute Gasteiger partial charge is 0.385 e. The summed E-state index contributed by atoms with van der Waals surface area (Å²) in [4.78, 5) is 0. The molecule has 0 radical (unpaired) electrons. The predicted molar refractivity (Wildman–Crippen MR) is 112 cm³/mol. The molecule has 3 nitrogen and oxygen atoms in total. The zero-order chi connectivity index (χ0) is 17.6. The number of benzene rings is 2. The van der Waals surface area contributed by atoms with Crippen LogP contribution in [0.3, 0.4) is 0 Å². The van der Waals surface area contributed by atoms with Gasteiger partial charge in [-0.05, 0) is 48.9 Å². The lowest BCUT2D eigenvalue weighted by molar-refractivity contribution is 0.616. The van der Waals surface area contributed by atoms with Gasteiger partial charge in [0.25, 0.3) is 0 Å². The van der Waals surface area contributed by atoms with Crippen LogP contribution in [0.5, 0.6) is 0 Å². The highest BCUT2D eigenvalue weighted by molar-refractivity contribution is 6.05. The van der Waals surface area contributed by atoms with Crippen LogP contribution in [0.15, 0.2) is 30.3 Å². The van der Waals surface area contributed by atoms with E-state index < -0.39 is 0 Å². The van der Waals surface area contributed by atoms with Crippen molar-refractivity contribution < 1.29 is 0 Å². The average Bonchev–Trinajstić information content (AvgIpc) is 2.65. The van der Waals surface area contributed by atoms with Crippen molar-refractivity contribution in [3.8, 4) is 0 Å². The molecule has 3 rings (SSSR count). The summed E-state index contributed by atoms with van der Waals surface area (Å²) in [6, 6.07) is 9.35. The molecule has 1 atom stereocenters. The SMILES string of the molecule is CCCNc1ccc2c(NCCC)ccc3c2c1C=CC3NCCC. The van der Waals surface area contributed by atoms with Gasteiger partial charge in [0.05, 0.1) is 6.04 Å². The zero-order valence-electron chi connectivity index (χ0n) is 15.8. The predicted octanol–water partition coefficient (Wildman–Crippen LogP) is 5.55. The smallest absolute Gasteiger partial charge is 0.0515 e. The summed E-state index contributed by atoms with van der Waals surface area (Å²) in [5, 5.41) is 13.6. The van der Waals surface area contributed by atoms with Gasteiger partial charge in [-0.15, -0.1) is 0 Å². The molecule has 2 aromatic carbocycles. The van der Waals surface area contributed by atoms with Gasteiger partial charge in [0.1, 0.15) is 0 Å². The van der Waals surface area contributed by atoms with E-state index >= 15 is 0 Å². The maximum atomic E-state index is 3.67. The topological polar surface area (TPSA) is 36.1 Å². The maximum Gasteiger partial charge on any atom is 0.0515 e. The van der Waals surface area contributed by atoms with Crippen LogP contribution in [0.1, 0.15) is 57.2 Å². The van der Waals surface area contributed by atoms with Crippen LogP contribution in [0.4, 0.5) is 11.4 Å². The zero-order valence-corrected chi connectivity index (χ0v) is 15.8. The molecule has 0 spiro atoms. The Balaban J connectivity index is 2.10. The normalized spacial score (nSPS) is 15.6. The third-order valence-corrected chi connectivity index (χ3v) is 4.79. The van der Waals surface area contributed by atoms with Crippen molar-refractivity contribution in [3.63, 3.8) is 0 Å². The minimum absolute atomic E-state index is 0.302. The quantitative estimate of drug-likeness (QED) is 0.561. The van der Waals surface area contributed by atoms with Crippen molar-refractivity contribution in [1.29, 1.82) is 0 Å². The van der Waals surface area contributed by atoms with E-state index in [0.717, 1.165) is 38.9 Å². The van der Waals surface area contributed by atoms with Crippen molar-refractivity contribution in [2.75, 3.05) is 30.3 Å². The van der Waals surface area contributed by atoms with E-state index in [4.69, 9.17) is 0 Å². The third kappa shape index (κ3) is 3.67. The molecule has 0 aliphatic heterocycles. The van der Waals surface area contributed by atoms with E-state index in [-0.39, 0.29) is 0 Å². The summed E-state index contributed by atoms with van der Waals surface area (Å²) in [5.41, 5.74) is 5.21. The highest BCUT2D eigenvalue weighted by Crippen LogP contribution is 2.40. The lowest BCUT2D eigenvalue weighted by Crippen LogP contribution is -2.22. The lowest BCUT2D eigenvalue weighted by atomic mass is 9.88. The number of rotatable bonds is 9. The molecule has 0 saturated carbocycles. The molecule has 134 valence electrons. The van der Waals surface area contributed by atoms with Crippen LogP contribution < -0.4 is 16.0 Å². The lowest BCUT2D eigenvalue weighted by Gasteiger charge is -2.25. The van der Waals surface area contributed by atoms with E-state index in [0.29, 0.717) is 6.04 Å². The Bertz CT molecular complexity index is 749. The molecule has 0 bridgehead atoms.